The molecule has 2 aromatic carbocycles. The summed E-state index contributed by atoms with van der Waals surface area (Å²) in [5, 5.41) is 0. The lowest BCUT2D eigenvalue weighted by molar-refractivity contribution is -0.122. The lowest BCUT2D eigenvalue weighted by Gasteiger charge is -2.22. The summed E-state index contributed by atoms with van der Waals surface area (Å²) >= 11 is 0. The van der Waals surface area contributed by atoms with Crippen molar-refractivity contribution in [2.75, 3.05) is 25.7 Å². The van der Waals surface area contributed by atoms with Gasteiger partial charge in [-0.3, -0.25) is 4.79 Å². The Balaban J connectivity index is 1.67. The Bertz CT molecular complexity index is 833. The number of benzene rings is 2. The van der Waals surface area contributed by atoms with Crippen molar-refractivity contribution in [3.63, 3.8) is 0 Å². The second-order valence-electron chi connectivity index (χ2n) is 6.09. The molecule has 2 aromatic rings. The van der Waals surface area contributed by atoms with E-state index in [1.54, 1.807) is 17.0 Å². The zero-order valence-corrected chi connectivity index (χ0v) is 15.0. The number of rotatable bonds is 5. The molecule has 6 heteroatoms. The van der Waals surface area contributed by atoms with E-state index in [1.165, 1.54) is 20.3 Å². The van der Waals surface area contributed by atoms with Crippen LogP contribution in [-0.2, 0) is 16.0 Å². The van der Waals surface area contributed by atoms with Gasteiger partial charge in [0.25, 0.3) is 5.91 Å². The van der Waals surface area contributed by atoms with E-state index >= 15 is 0 Å². The fraction of sp³-hybridized carbons (Fsp3) is 0.300. The van der Waals surface area contributed by atoms with Crippen molar-refractivity contribution in [2.45, 2.75) is 19.4 Å². The molecule has 0 bridgehead atoms. The highest BCUT2D eigenvalue weighted by atomic mass is 16.5. The molecule has 6 nitrogen and oxygen atoms in total. The molecule has 0 saturated heterocycles. The van der Waals surface area contributed by atoms with Gasteiger partial charge in [-0.05, 0) is 43.2 Å². The van der Waals surface area contributed by atoms with Crippen molar-refractivity contribution in [1.29, 1.82) is 0 Å². The third kappa shape index (κ3) is 3.35. The van der Waals surface area contributed by atoms with Gasteiger partial charge in [-0.1, -0.05) is 18.2 Å². The summed E-state index contributed by atoms with van der Waals surface area (Å²) in [6, 6.07) is 12.5. The number of carbonyl (C=O) groups is 2. The Morgan fingerprint density at radius 3 is 2.54 bits per heavy atom. The number of anilines is 1. The van der Waals surface area contributed by atoms with Crippen molar-refractivity contribution in [1.82, 2.24) is 0 Å². The summed E-state index contributed by atoms with van der Waals surface area (Å²) in [6.45, 7) is 1.67. The van der Waals surface area contributed by atoms with Gasteiger partial charge in [-0.2, -0.15) is 0 Å². The van der Waals surface area contributed by atoms with E-state index in [4.69, 9.17) is 14.2 Å². The largest absolute Gasteiger partial charge is 0.493 e. The minimum atomic E-state index is -0.584. The maximum absolute atomic E-state index is 12.6. The summed E-state index contributed by atoms with van der Waals surface area (Å²) < 4.78 is 15.5. The molecule has 0 fully saturated rings. The van der Waals surface area contributed by atoms with Crippen molar-refractivity contribution < 1.29 is 23.8 Å². The highest BCUT2D eigenvalue weighted by Gasteiger charge is 2.31. The van der Waals surface area contributed by atoms with Crippen molar-refractivity contribution in [3.8, 4) is 11.5 Å². The Hall–Kier alpha value is -3.02. The highest BCUT2D eigenvalue weighted by Crippen LogP contribution is 2.32. The summed E-state index contributed by atoms with van der Waals surface area (Å²) in [5.74, 6) is 0.119. The Morgan fingerprint density at radius 2 is 1.81 bits per heavy atom. The first-order valence-corrected chi connectivity index (χ1v) is 8.34. The molecule has 136 valence electrons. The van der Waals surface area contributed by atoms with Crippen LogP contribution in [-0.4, -0.2) is 38.7 Å². The molecule has 0 unspecified atom stereocenters. The topological polar surface area (TPSA) is 65.1 Å². The minimum Gasteiger partial charge on any atom is -0.493 e. The molecule has 0 aliphatic carbocycles. The standard InChI is InChI=1S/C20H21NO5/c1-13-10-14-6-4-5-7-16(14)21(13)19(22)12-26-20(23)15-8-9-17(24-2)18(11-15)25-3/h4-9,11,13H,10,12H2,1-3H3/t13-/m0/s1. The predicted octanol–water partition coefficient (Wildman–Crippen LogP) is 2.84. The second-order valence-corrected chi connectivity index (χ2v) is 6.09. The number of esters is 1. The Labute approximate surface area is 152 Å². The maximum Gasteiger partial charge on any atom is 0.338 e. The number of hydrogen-bond donors (Lipinski definition) is 0. The third-order valence-corrected chi connectivity index (χ3v) is 4.42. The average molecular weight is 355 g/mol. The number of para-hydroxylation sites is 1. The smallest absolute Gasteiger partial charge is 0.338 e. The summed E-state index contributed by atoms with van der Waals surface area (Å²) in [5.41, 5.74) is 2.30. The van der Waals surface area contributed by atoms with Gasteiger partial charge in [0.05, 0.1) is 19.8 Å². The quantitative estimate of drug-likeness (QED) is 0.772. The van der Waals surface area contributed by atoms with E-state index < -0.39 is 5.97 Å². The van der Waals surface area contributed by atoms with Gasteiger partial charge in [0.2, 0.25) is 0 Å². The minimum absolute atomic E-state index is 0.0414. The molecule has 26 heavy (non-hydrogen) atoms. The average Bonchev–Trinajstić information content (AvgIpc) is 3.00. The molecular formula is C20H21NO5. The first-order chi connectivity index (χ1) is 12.5. The van der Waals surface area contributed by atoms with Crippen LogP contribution in [0, 0.1) is 0 Å². The second kappa shape index (κ2) is 7.47. The lowest BCUT2D eigenvalue weighted by Crippen LogP contribution is -2.38. The van der Waals surface area contributed by atoms with Crippen LogP contribution >= 0.6 is 0 Å². The summed E-state index contributed by atoms with van der Waals surface area (Å²) in [7, 11) is 3.01. The van der Waals surface area contributed by atoms with Crippen LogP contribution in [0.15, 0.2) is 42.5 Å². The molecule has 1 heterocycles. The molecule has 1 atom stereocenters. The van der Waals surface area contributed by atoms with Crippen LogP contribution in [0.25, 0.3) is 0 Å². The van der Waals surface area contributed by atoms with Gasteiger partial charge in [0.15, 0.2) is 18.1 Å². The van der Waals surface area contributed by atoms with Crippen LogP contribution < -0.4 is 14.4 Å². The number of nitrogens with zero attached hydrogens (tertiary/aromatic N) is 1. The molecule has 1 aliphatic rings. The molecule has 1 amide bonds. The van der Waals surface area contributed by atoms with Gasteiger partial charge < -0.3 is 19.1 Å². The number of fused-ring (bicyclic) bond motifs is 1. The predicted molar refractivity (Wildman–Crippen MR) is 96.9 cm³/mol. The van der Waals surface area contributed by atoms with Crippen LogP contribution in [0.3, 0.4) is 0 Å². The monoisotopic (exact) mass is 355 g/mol. The van der Waals surface area contributed by atoms with Gasteiger partial charge in [0, 0.05) is 11.7 Å². The molecule has 0 spiro atoms. The third-order valence-electron chi connectivity index (χ3n) is 4.42. The van der Waals surface area contributed by atoms with Crippen LogP contribution in [0.2, 0.25) is 0 Å². The fourth-order valence-electron chi connectivity index (χ4n) is 3.19. The van der Waals surface area contributed by atoms with E-state index in [0.29, 0.717) is 17.1 Å². The van der Waals surface area contributed by atoms with Crippen LogP contribution in [0.4, 0.5) is 5.69 Å². The zero-order chi connectivity index (χ0) is 18.7. The number of amides is 1. The van der Waals surface area contributed by atoms with Crippen molar-refractivity contribution in [2.24, 2.45) is 0 Å². The van der Waals surface area contributed by atoms with E-state index in [1.807, 2.05) is 31.2 Å². The normalized spacial score (nSPS) is 15.3. The maximum atomic E-state index is 12.6. The van der Waals surface area contributed by atoms with E-state index in [0.717, 1.165) is 17.7 Å². The van der Waals surface area contributed by atoms with Crippen molar-refractivity contribution in [3.05, 3.63) is 53.6 Å². The molecule has 0 aromatic heterocycles. The summed E-state index contributed by atoms with van der Waals surface area (Å²) in [4.78, 5) is 26.5. The van der Waals surface area contributed by atoms with Crippen molar-refractivity contribution >= 4 is 17.6 Å². The molecule has 0 radical (unpaired) electrons. The first-order valence-electron chi connectivity index (χ1n) is 8.34. The van der Waals surface area contributed by atoms with Crippen LogP contribution in [0.5, 0.6) is 11.5 Å². The molecule has 1 aliphatic heterocycles. The fourth-order valence-corrected chi connectivity index (χ4v) is 3.19. The molecular weight excluding hydrogens is 334 g/mol. The van der Waals surface area contributed by atoms with E-state index in [9.17, 15) is 9.59 Å². The molecule has 0 N–H and O–H groups in total. The molecule has 0 saturated carbocycles. The SMILES string of the molecule is COc1ccc(C(=O)OCC(=O)N2c3ccccc3C[C@@H]2C)cc1OC. The van der Waals surface area contributed by atoms with E-state index in [2.05, 4.69) is 0 Å². The van der Waals surface area contributed by atoms with E-state index in [-0.39, 0.29) is 18.6 Å². The number of carbonyl (C=O) groups excluding carboxylic acids is 2. The van der Waals surface area contributed by atoms with Gasteiger partial charge in [-0.15, -0.1) is 0 Å². The van der Waals surface area contributed by atoms with Gasteiger partial charge in [0.1, 0.15) is 0 Å². The lowest BCUT2D eigenvalue weighted by atomic mass is 10.1. The number of methoxy groups -OCH3 is 2. The van der Waals surface area contributed by atoms with Crippen LogP contribution in [0.1, 0.15) is 22.8 Å². The molecule has 3 rings (SSSR count). The Kier molecular flexibility index (Phi) is 5.11. The van der Waals surface area contributed by atoms with Gasteiger partial charge >= 0.3 is 5.97 Å². The highest BCUT2D eigenvalue weighted by molar-refractivity contribution is 5.99. The number of ether oxygens (including phenoxy) is 3. The zero-order valence-electron chi connectivity index (χ0n) is 15.0. The first kappa shape index (κ1) is 17.8. The number of hydrogen-bond acceptors (Lipinski definition) is 5. The summed E-state index contributed by atoms with van der Waals surface area (Å²) in [6.07, 6.45) is 0.797. The van der Waals surface area contributed by atoms with Gasteiger partial charge in [-0.25, -0.2) is 4.79 Å². The Morgan fingerprint density at radius 1 is 1.08 bits per heavy atom.